The summed E-state index contributed by atoms with van der Waals surface area (Å²) >= 11 is 3.48. The number of halogens is 1. The van der Waals surface area contributed by atoms with Gasteiger partial charge in [-0.1, -0.05) is 28.1 Å². The van der Waals surface area contributed by atoms with E-state index in [1.54, 1.807) is 18.2 Å². The minimum Gasteiger partial charge on any atom is -0.508 e. The van der Waals surface area contributed by atoms with Crippen LogP contribution in [0, 0.1) is 6.92 Å². The minimum absolute atomic E-state index is 0.250. The Bertz CT molecular complexity index is 1080. The molecule has 0 aliphatic heterocycles. The Labute approximate surface area is 160 Å². The van der Waals surface area contributed by atoms with Crippen LogP contribution in [0.1, 0.15) is 11.1 Å². The zero-order valence-electron chi connectivity index (χ0n) is 14.3. The molecule has 2 N–H and O–H groups in total. The van der Waals surface area contributed by atoms with Crippen LogP contribution in [0.4, 0.5) is 0 Å². The molecule has 3 nitrogen and oxygen atoms in total. The summed E-state index contributed by atoms with van der Waals surface area (Å²) in [6.45, 7) is 2.79. The van der Waals surface area contributed by atoms with Crippen LogP contribution in [0.5, 0.6) is 11.5 Å². The Morgan fingerprint density at radius 2 is 1.50 bits per heavy atom. The zero-order chi connectivity index (χ0) is 18.3. The molecule has 3 aromatic carbocycles. The molecule has 1 aromatic heterocycles. The maximum absolute atomic E-state index is 9.93. The van der Waals surface area contributed by atoms with Gasteiger partial charge in [0.15, 0.2) is 0 Å². The van der Waals surface area contributed by atoms with Gasteiger partial charge in [-0.15, -0.1) is 0 Å². The van der Waals surface area contributed by atoms with Gasteiger partial charge in [0.05, 0.1) is 5.69 Å². The zero-order valence-corrected chi connectivity index (χ0v) is 15.9. The van der Waals surface area contributed by atoms with Gasteiger partial charge in [0.1, 0.15) is 11.5 Å². The molecule has 0 saturated carbocycles. The van der Waals surface area contributed by atoms with Gasteiger partial charge in [-0.2, -0.15) is 0 Å². The lowest BCUT2D eigenvalue weighted by molar-refractivity contribution is 0.475. The number of phenolic OH excluding ortho intramolecular Hbond substituents is 2. The van der Waals surface area contributed by atoms with Crippen molar-refractivity contribution < 1.29 is 10.2 Å². The second-order valence-electron chi connectivity index (χ2n) is 6.43. The molecule has 26 heavy (non-hydrogen) atoms. The first-order valence-electron chi connectivity index (χ1n) is 8.38. The third kappa shape index (κ3) is 2.97. The van der Waals surface area contributed by atoms with Crippen molar-refractivity contribution >= 4 is 26.8 Å². The van der Waals surface area contributed by atoms with Crippen LogP contribution in [0.15, 0.2) is 71.2 Å². The molecule has 0 bridgehead atoms. The number of fused-ring (bicyclic) bond motifs is 1. The molecule has 0 fully saturated rings. The normalized spacial score (nSPS) is 11.2. The van der Waals surface area contributed by atoms with E-state index in [0.29, 0.717) is 0 Å². The van der Waals surface area contributed by atoms with Crippen LogP contribution in [0.3, 0.4) is 0 Å². The molecule has 0 aliphatic carbocycles. The Balaban J connectivity index is 1.94. The second-order valence-corrected chi connectivity index (χ2v) is 7.35. The van der Waals surface area contributed by atoms with Crippen LogP contribution in [-0.2, 0) is 6.54 Å². The Kier molecular flexibility index (Phi) is 4.21. The van der Waals surface area contributed by atoms with E-state index in [-0.39, 0.29) is 11.5 Å². The van der Waals surface area contributed by atoms with Crippen LogP contribution < -0.4 is 0 Å². The molecular weight excluding hydrogens is 390 g/mol. The molecule has 0 amide bonds. The number of aromatic hydroxyl groups is 2. The summed E-state index contributed by atoms with van der Waals surface area (Å²) in [6.07, 6.45) is 0. The highest BCUT2D eigenvalue weighted by Gasteiger charge is 2.16. The molecule has 0 aliphatic rings. The van der Waals surface area contributed by atoms with Crippen LogP contribution in [-0.4, -0.2) is 14.8 Å². The van der Waals surface area contributed by atoms with Crippen LogP contribution >= 0.6 is 15.9 Å². The maximum atomic E-state index is 9.93. The van der Waals surface area contributed by atoms with E-state index < -0.39 is 0 Å². The Hall–Kier alpha value is -2.72. The number of aromatic nitrogens is 1. The summed E-state index contributed by atoms with van der Waals surface area (Å²) in [5.41, 5.74) is 5.50. The van der Waals surface area contributed by atoms with Crippen molar-refractivity contribution in [1.29, 1.82) is 0 Å². The number of nitrogens with zero attached hydrogens (tertiary/aromatic N) is 1. The molecular formula is C22H18BrNO2. The summed E-state index contributed by atoms with van der Waals surface area (Å²) in [5, 5.41) is 20.6. The van der Waals surface area contributed by atoms with Gasteiger partial charge in [0.2, 0.25) is 0 Å². The number of aryl methyl sites for hydroxylation is 1. The monoisotopic (exact) mass is 407 g/mol. The lowest BCUT2D eigenvalue weighted by Gasteiger charge is -2.13. The molecule has 0 atom stereocenters. The summed E-state index contributed by atoms with van der Waals surface area (Å²) in [7, 11) is 0. The second kappa shape index (κ2) is 6.54. The summed E-state index contributed by atoms with van der Waals surface area (Å²) in [5.74, 6) is 0.512. The van der Waals surface area contributed by atoms with Crippen molar-refractivity contribution in [2.24, 2.45) is 0 Å². The van der Waals surface area contributed by atoms with Crippen LogP contribution in [0.2, 0.25) is 0 Å². The SMILES string of the molecule is Cc1c(-c2ccc(O)cc2)n(Cc2ccc(Br)cc2)c2ccc(O)cc12. The molecule has 4 aromatic rings. The first kappa shape index (κ1) is 16.7. The Morgan fingerprint density at radius 1 is 0.846 bits per heavy atom. The van der Waals surface area contributed by atoms with Gasteiger partial charge < -0.3 is 14.8 Å². The smallest absolute Gasteiger partial charge is 0.116 e. The molecule has 0 radical (unpaired) electrons. The van der Waals surface area contributed by atoms with Crippen molar-refractivity contribution in [3.63, 3.8) is 0 Å². The van der Waals surface area contributed by atoms with Crippen molar-refractivity contribution in [3.8, 4) is 22.8 Å². The predicted octanol–water partition coefficient (Wildman–Crippen LogP) is 5.84. The van der Waals surface area contributed by atoms with E-state index in [4.69, 9.17) is 0 Å². The van der Waals surface area contributed by atoms with E-state index in [2.05, 4.69) is 39.6 Å². The number of hydrogen-bond donors (Lipinski definition) is 2. The van der Waals surface area contributed by atoms with Gasteiger partial charge in [0.25, 0.3) is 0 Å². The van der Waals surface area contributed by atoms with E-state index in [0.717, 1.165) is 38.7 Å². The molecule has 0 saturated heterocycles. The summed E-state index contributed by atoms with van der Waals surface area (Å²) in [4.78, 5) is 0. The molecule has 4 rings (SSSR count). The highest BCUT2D eigenvalue weighted by atomic mass is 79.9. The van der Waals surface area contributed by atoms with Gasteiger partial charge in [0, 0.05) is 21.9 Å². The van der Waals surface area contributed by atoms with E-state index in [1.165, 1.54) is 5.56 Å². The highest BCUT2D eigenvalue weighted by molar-refractivity contribution is 9.10. The molecule has 130 valence electrons. The summed E-state index contributed by atoms with van der Waals surface area (Å²) in [6, 6.07) is 21.0. The number of hydrogen-bond acceptors (Lipinski definition) is 2. The van der Waals surface area contributed by atoms with Gasteiger partial charge >= 0.3 is 0 Å². The summed E-state index contributed by atoms with van der Waals surface area (Å²) < 4.78 is 3.32. The van der Waals surface area contributed by atoms with E-state index in [9.17, 15) is 10.2 Å². The fourth-order valence-corrected chi connectivity index (χ4v) is 3.70. The topological polar surface area (TPSA) is 45.4 Å². The fourth-order valence-electron chi connectivity index (χ4n) is 3.44. The number of rotatable bonds is 3. The molecule has 0 spiro atoms. The first-order valence-corrected chi connectivity index (χ1v) is 9.18. The minimum atomic E-state index is 0.250. The molecule has 0 unspecified atom stereocenters. The molecule has 1 heterocycles. The third-order valence-electron chi connectivity index (χ3n) is 4.69. The van der Waals surface area contributed by atoms with Crippen molar-refractivity contribution in [2.45, 2.75) is 13.5 Å². The Morgan fingerprint density at radius 3 is 2.19 bits per heavy atom. The van der Waals surface area contributed by atoms with E-state index in [1.807, 2.05) is 36.4 Å². The largest absolute Gasteiger partial charge is 0.508 e. The average molecular weight is 408 g/mol. The quantitative estimate of drug-likeness (QED) is 0.448. The number of phenols is 2. The lowest BCUT2D eigenvalue weighted by atomic mass is 10.1. The fraction of sp³-hybridized carbons (Fsp3) is 0.0909. The van der Waals surface area contributed by atoms with Gasteiger partial charge in [-0.05, 0) is 78.2 Å². The van der Waals surface area contributed by atoms with Gasteiger partial charge in [-0.25, -0.2) is 0 Å². The average Bonchev–Trinajstić information content (AvgIpc) is 2.89. The lowest BCUT2D eigenvalue weighted by Crippen LogP contribution is -2.02. The third-order valence-corrected chi connectivity index (χ3v) is 5.22. The van der Waals surface area contributed by atoms with E-state index >= 15 is 0 Å². The first-order chi connectivity index (χ1) is 12.5. The standard InChI is InChI=1S/C22H18BrNO2/c1-14-20-12-19(26)10-11-21(20)24(13-15-2-6-17(23)7-3-15)22(14)16-4-8-18(25)9-5-16/h2-12,25-26H,13H2,1H3. The van der Waals surface area contributed by atoms with Crippen molar-refractivity contribution in [2.75, 3.05) is 0 Å². The van der Waals surface area contributed by atoms with Crippen molar-refractivity contribution in [1.82, 2.24) is 4.57 Å². The number of benzene rings is 3. The molecule has 4 heteroatoms. The highest BCUT2D eigenvalue weighted by Crippen LogP contribution is 2.36. The maximum Gasteiger partial charge on any atom is 0.116 e. The van der Waals surface area contributed by atoms with Crippen molar-refractivity contribution in [3.05, 3.63) is 82.3 Å². The predicted molar refractivity (Wildman–Crippen MR) is 109 cm³/mol. The van der Waals surface area contributed by atoms with Crippen LogP contribution in [0.25, 0.3) is 22.2 Å². The van der Waals surface area contributed by atoms with Gasteiger partial charge in [-0.3, -0.25) is 0 Å².